The van der Waals surface area contributed by atoms with E-state index in [0.717, 1.165) is 42.8 Å². The van der Waals surface area contributed by atoms with Crippen molar-refractivity contribution in [3.05, 3.63) is 28.8 Å². The van der Waals surface area contributed by atoms with E-state index in [1.165, 1.54) is 5.56 Å². The largest absolute Gasteiger partial charge is 0.483 e. The van der Waals surface area contributed by atoms with Crippen molar-refractivity contribution < 1.29 is 9.53 Å². The number of fused-ring (bicyclic) bond motifs is 1. The van der Waals surface area contributed by atoms with Crippen molar-refractivity contribution in [1.82, 2.24) is 4.90 Å². The number of benzene rings is 1. The van der Waals surface area contributed by atoms with Gasteiger partial charge in [0.25, 0.3) is 5.91 Å². The van der Waals surface area contributed by atoms with Gasteiger partial charge < -0.3 is 15.4 Å². The molecule has 1 heterocycles. The van der Waals surface area contributed by atoms with Gasteiger partial charge in [-0.1, -0.05) is 17.7 Å². The van der Waals surface area contributed by atoms with E-state index in [2.05, 4.69) is 19.1 Å². The second kappa shape index (κ2) is 5.92. The van der Waals surface area contributed by atoms with Gasteiger partial charge in [-0.25, -0.2) is 0 Å². The van der Waals surface area contributed by atoms with Crippen molar-refractivity contribution >= 4 is 5.91 Å². The number of aryl methyl sites for hydroxylation is 3. The minimum atomic E-state index is 0.0842. The first-order valence-electron chi connectivity index (χ1n) is 8.19. The van der Waals surface area contributed by atoms with Crippen molar-refractivity contribution in [2.75, 3.05) is 19.7 Å². The van der Waals surface area contributed by atoms with Gasteiger partial charge in [-0.3, -0.25) is 4.79 Å². The number of carbonyl (C=O) groups excluding carboxylic acids is 1. The fourth-order valence-corrected chi connectivity index (χ4v) is 4.13. The molecule has 1 saturated heterocycles. The molecule has 120 valence electrons. The molecule has 3 unspecified atom stereocenters. The molecule has 0 bridgehead atoms. The zero-order valence-corrected chi connectivity index (χ0v) is 13.8. The van der Waals surface area contributed by atoms with Crippen LogP contribution in [0, 0.1) is 32.6 Å². The van der Waals surface area contributed by atoms with E-state index in [9.17, 15) is 4.79 Å². The Labute approximate surface area is 132 Å². The second-order valence-corrected chi connectivity index (χ2v) is 6.98. The lowest BCUT2D eigenvalue weighted by atomic mass is 9.98. The first-order chi connectivity index (χ1) is 10.5. The molecule has 1 aromatic carbocycles. The molecule has 22 heavy (non-hydrogen) atoms. The molecule has 0 radical (unpaired) electrons. The standard InChI is InChI=1S/C18H26N2O2/c1-11-6-12(2)18(13(3)7-11)22-10-17(21)20-8-14-4-5-16(19)15(14)9-20/h6-7,14-16H,4-5,8-10,19H2,1-3H3. The molecule has 4 heteroatoms. The minimum absolute atomic E-state index is 0.0842. The molecule has 2 N–H and O–H groups in total. The fraction of sp³-hybridized carbons (Fsp3) is 0.611. The third-order valence-electron chi connectivity index (χ3n) is 5.21. The van der Waals surface area contributed by atoms with Crippen LogP contribution in [0.25, 0.3) is 0 Å². The smallest absolute Gasteiger partial charge is 0.260 e. The van der Waals surface area contributed by atoms with Gasteiger partial charge in [0.15, 0.2) is 6.61 Å². The summed E-state index contributed by atoms with van der Waals surface area (Å²) in [5.74, 6) is 2.02. The van der Waals surface area contributed by atoms with Gasteiger partial charge >= 0.3 is 0 Å². The maximum atomic E-state index is 12.4. The zero-order chi connectivity index (χ0) is 15.9. The number of hydrogen-bond donors (Lipinski definition) is 1. The Bertz CT molecular complexity index is 561. The molecule has 1 aliphatic heterocycles. The minimum Gasteiger partial charge on any atom is -0.483 e. The maximum Gasteiger partial charge on any atom is 0.260 e. The molecule has 1 aromatic rings. The highest BCUT2D eigenvalue weighted by atomic mass is 16.5. The first kappa shape index (κ1) is 15.3. The highest BCUT2D eigenvalue weighted by Gasteiger charge is 2.42. The van der Waals surface area contributed by atoms with Crippen LogP contribution in [0.4, 0.5) is 0 Å². The van der Waals surface area contributed by atoms with Crippen LogP contribution >= 0.6 is 0 Å². The van der Waals surface area contributed by atoms with Crippen molar-refractivity contribution in [2.24, 2.45) is 17.6 Å². The molecule has 2 fully saturated rings. The lowest BCUT2D eigenvalue weighted by Crippen LogP contribution is -2.36. The molecular weight excluding hydrogens is 276 g/mol. The number of likely N-dealkylation sites (tertiary alicyclic amines) is 1. The van der Waals surface area contributed by atoms with Crippen molar-refractivity contribution in [1.29, 1.82) is 0 Å². The highest BCUT2D eigenvalue weighted by molar-refractivity contribution is 5.78. The van der Waals surface area contributed by atoms with Gasteiger partial charge in [0, 0.05) is 19.1 Å². The average molecular weight is 302 g/mol. The van der Waals surface area contributed by atoms with Crippen molar-refractivity contribution in [3.63, 3.8) is 0 Å². The first-order valence-corrected chi connectivity index (χ1v) is 8.19. The summed E-state index contributed by atoms with van der Waals surface area (Å²) < 4.78 is 5.82. The molecule has 3 atom stereocenters. The molecule has 4 nitrogen and oxygen atoms in total. The third kappa shape index (κ3) is 2.84. The summed E-state index contributed by atoms with van der Waals surface area (Å²) in [5, 5.41) is 0. The number of hydrogen-bond acceptors (Lipinski definition) is 3. The maximum absolute atomic E-state index is 12.4. The van der Waals surface area contributed by atoms with Crippen molar-refractivity contribution in [3.8, 4) is 5.75 Å². The normalized spacial score (nSPS) is 27.1. The van der Waals surface area contributed by atoms with Crippen LogP contribution in [0.3, 0.4) is 0 Å². The van der Waals surface area contributed by atoms with E-state index in [0.29, 0.717) is 11.8 Å². The summed E-state index contributed by atoms with van der Waals surface area (Å²) in [6, 6.07) is 4.45. The number of nitrogens with zero attached hydrogens (tertiary/aromatic N) is 1. The number of nitrogens with two attached hydrogens (primary N) is 1. The Morgan fingerprint density at radius 1 is 1.23 bits per heavy atom. The Balaban J connectivity index is 1.60. The van der Waals surface area contributed by atoms with E-state index in [4.69, 9.17) is 10.5 Å². The predicted molar refractivity (Wildman–Crippen MR) is 86.9 cm³/mol. The second-order valence-electron chi connectivity index (χ2n) is 6.98. The molecule has 1 saturated carbocycles. The van der Waals surface area contributed by atoms with Gasteiger partial charge in [-0.2, -0.15) is 0 Å². The van der Waals surface area contributed by atoms with Crippen LogP contribution in [-0.2, 0) is 4.79 Å². The monoisotopic (exact) mass is 302 g/mol. The number of carbonyl (C=O) groups is 1. The van der Waals surface area contributed by atoms with Gasteiger partial charge in [-0.15, -0.1) is 0 Å². The van der Waals surface area contributed by atoms with Crippen LogP contribution in [0.2, 0.25) is 0 Å². The summed E-state index contributed by atoms with van der Waals surface area (Å²) in [7, 11) is 0. The van der Waals surface area contributed by atoms with Gasteiger partial charge in [0.05, 0.1) is 0 Å². The summed E-state index contributed by atoms with van der Waals surface area (Å²) in [6.45, 7) is 7.91. The predicted octanol–water partition coefficient (Wildman–Crippen LogP) is 2.19. The highest BCUT2D eigenvalue weighted by Crippen LogP contribution is 2.37. The fourth-order valence-electron chi connectivity index (χ4n) is 4.13. The topological polar surface area (TPSA) is 55.6 Å². The molecular formula is C18H26N2O2. The van der Waals surface area contributed by atoms with E-state index in [-0.39, 0.29) is 18.6 Å². The number of amides is 1. The molecule has 0 aromatic heterocycles. The zero-order valence-electron chi connectivity index (χ0n) is 13.8. The van der Waals surface area contributed by atoms with Crippen LogP contribution < -0.4 is 10.5 Å². The van der Waals surface area contributed by atoms with Crippen LogP contribution in [-0.4, -0.2) is 36.5 Å². The van der Waals surface area contributed by atoms with Gasteiger partial charge in [0.2, 0.25) is 0 Å². The summed E-state index contributed by atoms with van der Waals surface area (Å²) >= 11 is 0. The van der Waals surface area contributed by atoms with E-state index in [1.807, 2.05) is 18.7 Å². The Kier molecular flexibility index (Phi) is 4.13. The quantitative estimate of drug-likeness (QED) is 0.931. The van der Waals surface area contributed by atoms with Crippen LogP contribution in [0.15, 0.2) is 12.1 Å². The summed E-state index contributed by atoms with van der Waals surface area (Å²) in [4.78, 5) is 14.3. The Morgan fingerprint density at radius 2 is 1.91 bits per heavy atom. The molecule has 1 amide bonds. The van der Waals surface area contributed by atoms with E-state index >= 15 is 0 Å². The van der Waals surface area contributed by atoms with Crippen molar-refractivity contribution in [2.45, 2.75) is 39.7 Å². The van der Waals surface area contributed by atoms with E-state index in [1.54, 1.807) is 0 Å². The number of rotatable bonds is 3. The van der Waals surface area contributed by atoms with Crippen LogP contribution in [0.1, 0.15) is 29.5 Å². The Hall–Kier alpha value is -1.55. The summed E-state index contributed by atoms with van der Waals surface area (Å²) in [6.07, 6.45) is 2.27. The third-order valence-corrected chi connectivity index (χ3v) is 5.21. The molecule has 2 aliphatic rings. The number of ether oxygens (including phenoxy) is 1. The molecule has 1 aliphatic carbocycles. The van der Waals surface area contributed by atoms with Gasteiger partial charge in [0.1, 0.15) is 5.75 Å². The van der Waals surface area contributed by atoms with Gasteiger partial charge in [-0.05, 0) is 56.6 Å². The average Bonchev–Trinajstić information content (AvgIpc) is 3.00. The molecule has 0 spiro atoms. The van der Waals surface area contributed by atoms with Crippen LogP contribution in [0.5, 0.6) is 5.75 Å². The Morgan fingerprint density at radius 3 is 2.55 bits per heavy atom. The SMILES string of the molecule is Cc1cc(C)c(OCC(=O)N2CC3CCC(N)C3C2)c(C)c1. The lowest BCUT2D eigenvalue weighted by Gasteiger charge is -2.20. The van der Waals surface area contributed by atoms with E-state index < -0.39 is 0 Å². The lowest BCUT2D eigenvalue weighted by molar-refractivity contribution is -0.132. The molecule has 3 rings (SSSR count). The summed E-state index contributed by atoms with van der Waals surface area (Å²) in [5.41, 5.74) is 9.53.